The molecule has 1 aromatic carbocycles. The van der Waals surface area contributed by atoms with Crippen LogP contribution in [-0.4, -0.2) is 6.61 Å². The van der Waals surface area contributed by atoms with Crippen molar-refractivity contribution in [3.8, 4) is 5.75 Å². The molecule has 3 nitrogen and oxygen atoms in total. The maximum absolute atomic E-state index is 12.4. The molecule has 1 aliphatic carbocycles. The second-order valence-corrected chi connectivity index (χ2v) is 4.54. The highest BCUT2D eigenvalue weighted by Gasteiger charge is 2.21. The SMILES string of the molecule is NNC(C1=CCCCC1)c1ccccc1OC(F)F. The molecule has 0 heterocycles. The number of benzene rings is 1. The summed E-state index contributed by atoms with van der Waals surface area (Å²) >= 11 is 0. The molecule has 0 aromatic heterocycles. The van der Waals surface area contributed by atoms with E-state index >= 15 is 0 Å². The molecule has 0 saturated heterocycles. The van der Waals surface area contributed by atoms with E-state index in [4.69, 9.17) is 5.84 Å². The second kappa shape index (κ2) is 6.63. The Kier molecular flexibility index (Phi) is 4.87. The first-order valence-electron chi connectivity index (χ1n) is 6.41. The normalized spacial score (nSPS) is 17.2. The summed E-state index contributed by atoms with van der Waals surface area (Å²) in [6.07, 6.45) is 6.33. The van der Waals surface area contributed by atoms with E-state index in [2.05, 4.69) is 16.2 Å². The van der Waals surface area contributed by atoms with Crippen LogP contribution in [0.3, 0.4) is 0 Å². The minimum absolute atomic E-state index is 0.173. The molecule has 0 fully saturated rings. The van der Waals surface area contributed by atoms with Crippen LogP contribution in [0.4, 0.5) is 8.78 Å². The van der Waals surface area contributed by atoms with Gasteiger partial charge in [0, 0.05) is 5.56 Å². The van der Waals surface area contributed by atoms with Crippen molar-refractivity contribution in [3.05, 3.63) is 41.5 Å². The molecule has 0 radical (unpaired) electrons. The zero-order valence-corrected chi connectivity index (χ0v) is 10.6. The number of allylic oxidation sites excluding steroid dienone is 1. The van der Waals surface area contributed by atoms with Crippen LogP contribution >= 0.6 is 0 Å². The molecule has 0 bridgehead atoms. The van der Waals surface area contributed by atoms with Crippen LogP contribution in [0.2, 0.25) is 0 Å². The molecular weight excluding hydrogens is 250 g/mol. The van der Waals surface area contributed by atoms with Gasteiger partial charge >= 0.3 is 6.61 Å². The molecule has 1 aliphatic rings. The molecular formula is C14H18F2N2O. The Labute approximate surface area is 111 Å². The number of hydrogen-bond acceptors (Lipinski definition) is 3. The molecule has 0 spiro atoms. The molecule has 104 valence electrons. The summed E-state index contributed by atoms with van der Waals surface area (Å²) < 4.78 is 29.4. The van der Waals surface area contributed by atoms with E-state index in [1.54, 1.807) is 18.2 Å². The van der Waals surface area contributed by atoms with Crippen molar-refractivity contribution in [2.24, 2.45) is 5.84 Å². The largest absolute Gasteiger partial charge is 0.434 e. The molecule has 1 aromatic rings. The maximum Gasteiger partial charge on any atom is 0.387 e. The van der Waals surface area contributed by atoms with Crippen LogP contribution in [0.25, 0.3) is 0 Å². The number of alkyl halides is 2. The molecule has 2 rings (SSSR count). The van der Waals surface area contributed by atoms with Gasteiger partial charge in [-0.05, 0) is 31.7 Å². The molecule has 5 heteroatoms. The number of rotatable bonds is 5. The fourth-order valence-electron chi connectivity index (χ4n) is 2.44. The van der Waals surface area contributed by atoms with Gasteiger partial charge in [0.1, 0.15) is 5.75 Å². The number of halogens is 2. The lowest BCUT2D eigenvalue weighted by Crippen LogP contribution is -2.30. The number of ether oxygens (including phenoxy) is 1. The van der Waals surface area contributed by atoms with Gasteiger partial charge in [0.05, 0.1) is 6.04 Å². The molecule has 1 atom stereocenters. The van der Waals surface area contributed by atoms with Crippen molar-refractivity contribution < 1.29 is 13.5 Å². The van der Waals surface area contributed by atoms with E-state index in [0.717, 1.165) is 31.3 Å². The average molecular weight is 268 g/mol. The molecule has 3 N–H and O–H groups in total. The third-order valence-electron chi connectivity index (χ3n) is 3.31. The lowest BCUT2D eigenvalue weighted by molar-refractivity contribution is -0.0506. The van der Waals surface area contributed by atoms with Gasteiger partial charge in [0.15, 0.2) is 0 Å². The first-order valence-corrected chi connectivity index (χ1v) is 6.41. The highest BCUT2D eigenvalue weighted by molar-refractivity contribution is 5.40. The minimum atomic E-state index is -2.83. The molecule has 0 amide bonds. The average Bonchev–Trinajstić information content (AvgIpc) is 2.42. The Hall–Kier alpha value is -1.46. The topological polar surface area (TPSA) is 47.3 Å². The predicted molar refractivity (Wildman–Crippen MR) is 69.7 cm³/mol. The highest BCUT2D eigenvalue weighted by atomic mass is 19.3. The van der Waals surface area contributed by atoms with Crippen molar-refractivity contribution in [2.75, 3.05) is 0 Å². The quantitative estimate of drug-likeness (QED) is 0.489. The third-order valence-corrected chi connectivity index (χ3v) is 3.31. The molecule has 19 heavy (non-hydrogen) atoms. The zero-order chi connectivity index (χ0) is 13.7. The van der Waals surface area contributed by atoms with E-state index < -0.39 is 6.61 Å². The Morgan fingerprint density at radius 3 is 2.63 bits per heavy atom. The lowest BCUT2D eigenvalue weighted by atomic mass is 9.90. The molecule has 0 aliphatic heterocycles. The first kappa shape index (κ1) is 14.0. The van der Waals surface area contributed by atoms with E-state index in [1.165, 1.54) is 6.07 Å². The minimum Gasteiger partial charge on any atom is -0.434 e. The Balaban J connectivity index is 2.29. The number of hydrazine groups is 1. The summed E-state index contributed by atoms with van der Waals surface area (Å²) in [7, 11) is 0. The summed E-state index contributed by atoms with van der Waals surface area (Å²) in [5, 5.41) is 0. The predicted octanol–water partition coefficient (Wildman–Crippen LogP) is 3.29. The number of hydrogen-bond donors (Lipinski definition) is 2. The van der Waals surface area contributed by atoms with Crippen molar-refractivity contribution in [1.82, 2.24) is 5.43 Å². The van der Waals surface area contributed by atoms with Gasteiger partial charge in [-0.15, -0.1) is 0 Å². The summed E-state index contributed by atoms with van der Waals surface area (Å²) in [5.41, 5.74) is 4.50. The van der Waals surface area contributed by atoms with Crippen molar-refractivity contribution in [1.29, 1.82) is 0 Å². The van der Waals surface area contributed by atoms with Crippen LogP contribution in [0.1, 0.15) is 37.3 Å². The van der Waals surface area contributed by atoms with Crippen molar-refractivity contribution in [3.63, 3.8) is 0 Å². The molecule has 0 saturated carbocycles. The van der Waals surface area contributed by atoms with Crippen LogP contribution in [0.15, 0.2) is 35.9 Å². The Morgan fingerprint density at radius 1 is 1.21 bits per heavy atom. The van der Waals surface area contributed by atoms with E-state index in [0.29, 0.717) is 5.56 Å². The van der Waals surface area contributed by atoms with E-state index in [1.807, 2.05) is 0 Å². The number of nitrogens with one attached hydrogen (secondary N) is 1. The van der Waals surface area contributed by atoms with Gasteiger partial charge in [-0.2, -0.15) is 8.78 Å². The van der Waals surface area contributed by atoms with Crippen LogP contribution in [-0.2, 0) is 0 Å². The van der Waals surface area contributed by atoms with Crippen LogP contribution < -0.4 is 16.0 Å². The van der Waals surface area contributed by atoms with Gasteiger partial charge in [-0.1, -0.05) is 29.8 Å². The van der Waals surface area contributed by atoms with Gasteiger partial charge in [-0.25, -0.2) is 5.43 Å². The first-order chi connectivity index (χ1) is 9.22. The van der Waals surface area contributed by atoms with Gasteiger partial charge in [0.25, 0.3) is 0 Å². The van der Waals surface area contributed by atoms with E-state index in [-0.39, 0.29) is 11.8 Å². The summed E-state index contributed by atoms with van der Waals surface area (Å²) in [5.74, 6) is 5.77. The van der Waals surface area contributed by atoms with Crippen molar-refractivity contribution >= 4 is 0 Å². The van der Waals surface area contributed by atoms with Gasteiger partial charge < -0.3 is 4.74 Å². The third kappa shape index (κ3) is 3.52. The number of para-hydroxylation sites is 1. The second-order valence-electron chi connectivity index (χ2n) is 4.54. The molecule has 1 unspecified atom stereocenters. The highest BCUT2D eigenvalue weighted by Crippen LogP contribution is 2.34. The van der Waals surface area contributed by atoms with E-state index in [9.17, 15) is 8.78 Å². The summed E-state index contributed by atoms with van der Waals surface area (Å²) in [4.78, 5) is 0. The van der Waals surface area contributed by atoms with Crippen LogP contribution in [0.5, 0.6) is 5.75 Å². The summed E-state index contributed by atoms with van der Waals surface area (Å²) in [6.45, 7) is -2.83. The smallest absolute Gasteiger partial charge is 0.387 e. The Bertz CT molecular complexity index is 449. The zero-order valence-electron chi connectivity index (χ0n) is 10.6. The Morgan fingerprint density at radius 2 is 2.00 bits per heavy atom. The maximum atomic E-state index is 12.4. The monoisotopic (exact) mass is 268 g/mol. The summed E-state index contributed by atoms with van der Waals surface area (Å²) in [6, 6.07) is 6.49. The fraction of sp³-hybridized carbons (Fsp3) is 0.429. The number of nitrogens with two attached hydrogens (primary N) is 1. The fourth-order valence-corrected chi connectivity index (χ4v) is 2.44. The van der Waals surface area contributed by atoms with Crippen LogP contribution in [0, 0.1) is 0 Å². The standard InChI is InChI=1S/C14H18F2N2O/c15-14(16)19-12-9-5-4-8-11(12)13(18-17)10-6-2-1-3-7-10/h4-6,8-9,13-14,18H,1-3,7,17H2. The van der Waals surface area contributed by atoms with Gasteiger partial charge in [0.2, 0.25) is 0 Å². The van der Waals surface area contributed by atoms with Crippen molar-refractivity contribution in [2.45, 2.75) is 38.3 Å². The van der Waals surface area contributed by atoms with Gasteiger partial charge in [-0.3, -0.25) is 5.84 Å². The lowest BCUT2D eigenvalue weighted by Gasteiger charge is -2.24.